The maximum Gasteiger partial charge on any atom is 0.355 e. The number of hydrogen-bond acceptors (Lipinski definition) is 4. The van der Waals surface area contributed by atoms with Crippen molar-refractivity contribution in [3.8, 4) is 0 Å². The molecule has 1 aliphatic rings. The summed E-state index contributed by atoms with van der Waals surface area (Å²) in [5.74, 6) is -0.596. The van der Waals surface area contributed by atoms with Crippen molar-refractivity contribution in [2.75, 3.05) is 7.05 Å². The topological polar surface area (TPSA) is 49.8 Å². The SMILES string of the molecule is CN1OC(=O)[C@@H](O)[C@@H]1c1ccccc1. The predicted molar refractivity (Wildman–Crippen MR) is 49.0 cm³/mol. The van der Waals surface area contributed by atoms with E-state index in [0.29, 0.717) is 0 Å². The summed E-state index contributed by atoms with van der Waals surface area (Å²) >= 11 is 0. The molecule has 0 radical (unpaired) electrons. The normalized spacial score (nSPS) is 27.7. The first kappa shape index (κ1) is 9.18. The fraction of sp³-hybridized carbons (Fsp3) is 0.300. The van der Waals surface area contributed by atoms with Gasteiger partial charge in [-0.25, -0.2) is 4.79 Å². The van der Waals surface area contributed by atoms with Crippen LogP contribution in [-0.2, 0) is 9.63 Å². The van der Waals surface area contributed by atoms with Crippen molar-refractivity contribution in [3.63, 3.8) is 0 Å². The van der Waals surface area contributed by atoms with Gasteiger partial charge in [0.2, 0.25) is 0 Å². The zero-order valence-corrected chi connectivity index (χ0v) is 7.75. The molecule has 1 fully saturated rings. The molecule has 0 aliphatic carbocycles. The Hall–Kier alpha value is -1.39. The molecule has 1 aliphatic heterocycles. The first-order valence-corrected chi connectivity index (χ1v) is 4.38. The highest BCUT2D eigenvalue weighted by Crippen LogP contribution is 2.29. The molecule has 0 spiro atoms. The summed E-state index contributed by atoms with van der Waals surface area (Å²) in [5.41, 5.74) is 0.869. The lowest BCUT2D eigenvalue weighted by Crippen LogP contribution is -2.24. The van der Waals surface area contributed by atoms with Gasteiger partial charge in [0.1, 0.15) is 6.04 Å². The molecule has 0 unspecified atom stereocenters. The van der Waals surface area contributed by atoms with Crippen molar-refractivity contribution in [1.82, 2.24) is 5.06 Å². The molecule has 0 bridgehead atoms. The van der Waals surface area contributed by atoms with Gasteiger partial charge in [-0.15, -0.1) is 5.06 Å². The number of rotatable bonds is 1. The van der Waals surface area contributed by atoms with Crippen LogP contribution in [0.4, 0.5) is 0 Å². The lowest BCUT2D eigenvalue weighted by molar-refractivity contribution is -0.170. The summed E-state index contributed by atoms with van der Waals surface area (Å²) in [6.45, 7) is 0. The standard InChI is InChI=1S/C10H11NO3/c1-11-8(9(12)10(13)14-11)7-5-3-2-4-6-7/h2-6,8-9,12H,1H3/t8-,9-/m0/s1. The summed E-state index contributed by atoms with van der Waals surface area (Å²) in [5, 5.41) is 10.9. The highest BCUT2D eigenvalue weighted by molar-refractivity contribution is 5.77. The Balaban J connectivity index is 2.31. The Kier molecular flexibility index (Phi) is 2.23. The monoisotopic (exact) mass is 193 g/mol. The van der Waals surface area contributed by atoms with E-state index in [1.165, 1.54) is 5.06 Å². The second-order valence-corrected chi connectivity index (χ2v) is 3.26. The fourth-order valence-corrected chi connectivity index (χ4v) is 1.62. The minimum atomic E-state index is -1.10. The molecular formula is C10H11NO3. The summed E-state index contributed by atoms with van der Waals surface area (Å²) in [6.07, 6.45) is -1.10. The van der Waals surface area contributed by atoms with Crippen molar-refractivity contribution >= 4 is 5.97 Å². The molecule has 0 aromatic heterocycles. The lowest BCUT2D eigenvalue weighted by Gasteiger charge is -2.17. The maximum absolute atomic E-state index is 11.1. The molecule has 2 atom stereocenters. The van der Waals surface area contributed by atoms with E-state index in [4.69, 9.17) is 4.84 Å². The Morgan fingerprint density at radius 2 is 2.00 bits per heavy atom. The first-order chi connectivity index (χ1) is 6.70. The molecule has 2 rings (SSSR count). The van der Waals surface area contributed by atoms with Crippen LogP contribution in [0.2, 0.25) is 0 Å². The van der Waals surface area contributed by atoms with E-state index in [1.807, 2.05) is 30.3 Å². The molecule has 14 heavy (non-hydrogen) atoms. The van der Waals surface area contributed by atoms with E-state index in [-0.39, 0.29) is 0 Å². The van der Waals surface area contributed by atoms with Gasteiger partial charge in [0, 0.05) is 7.05 Å². The van der Waals surface area contributed by atoms with Gasteiger partial charge in [0.25, 0.3) is 0 Å². The molecule has 4 heteroatoms. The van der Waals surface area contributed by atoms with Gasteiger partial charge in [-0.3, -0.25) is 0 Å². The molecule has 1 saturated heterocycles. The highest BCUT2D eigenvalue weighted by atomic mass is 16.7. The van der Waals surface area contributed by atoms with Crippen molar-refractivity contribution in [2.24, 2.45) is 0 Å². The van der Waals surface area contributed by atoms with Gasteiger partial charge in [-0.05, 0) is 5.56 Å². The minimum absolute atomic E-state index is 0.399. The van der Waals surface area contributed by atoms with Crippen molar-refractivity contribution < 1.29 is 14.7 Å². The van der Waals surface area contributed by atoms with Gasteiger partial charge < -0.3 is 9.94 Å². The Morgan fingerprint density at radius 1 is 1.36 bits per heavy atom. The van der Waals surface area contributed by atoms with Crippen LogP contribution in [0.25, 0.3) is 0 Å². The van der Waals surface area contributed by atoms with E-state index in [0.717, 1.165) is 5.56 Å². The van der Waals surface area contributed by atoms with Crippen molar-refractivity contribution in [3.05, 3.63) is 35.9 Å². The minimum Gasteiger partial charge on any atom is -0.379 e. The van der Waals surface area contributed by atoms with E-state index >= 15 is 0 Å². The van der Waals surface area contributed by atoms with Crippen LogP contribution in [0, 0.1) is 0 Å². The molecule has 0 amide bonds. The molecular weight excluding hydrogens is 182 g/mol. The number of carbonyl (C=O) groups excluding carboxylic acids is 1. The van der Waals surface area contributed by atoms with E-state index in [9.17, 15) is 9.90 Å². The third-order valence-electron chi connectivity index (χ3n) is 2.31. The zero-order valence-electron chi connectivity index (χ0n) is 7.75. The summed E-state index contributed by atoms with van der Waals surface area (Å²) in [4.78, 5) is 15.8. The third-order valence-corrected chi connectivity index (χ3v) is 2.31. The predicted octanol–water partition coefficient (Wildman–Crippen LogP) is 0.492. The molecule has 0 saturated carbocycles. The zero-order chi connectivity index (χ0) is 10.1. The Morgan fingerprint density at radius 3 is 2.50 bits per heavy atom. The largest absolute Gasteiger partial charge is 0.379 e. The smallest absolute Gasteiger partial charge is 0.355 e. The number of benzene rings is 1. The highest BCUT2D eigenvalue weighted by Gasteiger charge is 2.41. The average Bonchev–Trinajstić information content (AvgIpc) is 2.43. The van der Waals surface area contributed by atoms with Gasteiger partial charge in [0.05, 0.1) is 0 Å². The molecule has 74 valence electrons. The van der Waals surface area contributed by atoms with E-state index in [1.54, 1.807) is 7.05 Å². The summed E-state index contributed by atoms with van der Waals surface area (Å²) < 4.78 is 0. The van der Waals surface area contributed by atoms with E-state index < -0.39 is 18.1 Å². The number of hydroxylamine groups is 2. The van der Waals surface area contributed by atoms with Gasteiger partial charge in [0.15, 0.2) is 6.10 Å². The molecule has 1 aromatic carbocycles. The van der Waals surface area contributed by atoms with E-state index in [2.05, 4.69) is 0 Å². The van der Waals surface area contributed by atoms with Crippen LogP contribution in [0.3, 0.4) is 0 Å². The number of nitrogens with zero attached hydrogens (tertiary/aromatic N) is 1. The second-order valence-electron chi connectivity index (χ2n) is 3.26. The van der Waals surface area contributed by atoms with Crippen LogP contribution in [-0.4, -0.2) is 29.3 Å². The quantitative estimate of drug-likeness (QED) is 0.705. The van der Waals surface area contributed by atoms with Crippen LogP contribution in [0.15, 0.2) is 30.3 Å². The molecule has 1 heterocycles. The molecule has 4 nitrogen and oxygen atoms in total. The fourth-order valence-electron chi connectivity index (χ4n) is 1.62. The lowest BCUT2D eigenvalue weighted by atomic mass is 10.0. The first-order valence-electron chi connectivity index (χ1n) is 4.38. The Bertz CT molecular complexity index is 338. The summed E-state index contributed by atoms with van der Waals surface area (Å²) in [6, 6.07) is 8.91. The average molecular weight is 193 g/mol. The number of aliphatic hydroxyl groups is 1. The number of likely N-dealkylation sites (N-methyl/N-ethyl adjacent to an activating group) is 1. The van der Waals surface area contributed by atoms with Crippen LogP contribution in [0.5, 0.6) is 0 Å². The van der Waals surface area contributed by atoms with Crippen LogP contribution in [0.1, 0.15) is 11.6 Å². The van der Waals surface area contributed by atoms with Gasteiger partial charge in [-0.2, -0.15) is 0 Å². The van der Waals surface area contributed by atoms with Crippen LogP contribution >= 0.6 is 0 Å². The summed E-state index contributed by atoms with van der Waals surface area (Å²) in [7, 11) is 1.63. The molecule has 1 aromatic rings. The number of hydrogen-bond donors (Lipinski definition) is 1. The third kappa shape index (κ3) is 1.38. The number of aliphatic hydroxyl groups excluding tert-OH is 1. The van der Waals surface area contributed by atoms with Crippen LogP contribution < -0.4 is 0 Å². The molecule has 1 N–H and O–H groups in total. The van der Waals surface area contributed by atoms with Gasteiger partial charge >= 0.3 is 5.97 Å². The maximum atomic E-state index is 11.1. The van der Waals surface area contributed by atoms with Gasteiger partial charge in [-0.1, -0.05) is 30.3 Å². The van der Waals surface area contributed by atoms with Crippen molar-refractivity contribution in [1.29, 1.82) is 0 Å². The Labute approximate surface area is 81.7 Å². The second kappa shape index (κ2) is 3.40. The number of carbonyl (C=O) groups is 1. The van der Waals surface area contributed by atoms with Crippen molar-refractivity contribution in [2.45, 2.75) is 12.1 Å².